The van der Waals surface area contributed by atoms with E-state index in [9.17, 15) is 0 Å². The third-order valence-corrected chi connectivity index (χ3v) is 2.12. The lowest BCUT2D eigenvalue weighted by molar-refractivity contribution is 1.02. The fourth-order valence-electron chi connectivity index (χ4n) is 1.66. The predicted octanol–water partition coefficient (Wildman–Crippen LogP) is 3.14. The van der Waals surface area contributed by atoms with Gasteiger partial charge in [-0.05, 0) is 31.9 Å². The first-order valence-corrected chi connectivity index (χ1v) is 4.67. The van der Waals surface area contributed by atoms with Gasteiger partial charge >= 0.3 is 0 Å². The third kappa shape index (κ3) is 5.00. The fraction of sp³-hybridized carbons (Fsp3) is 0.455. The van der Waals surface area contributed by atoms with E-state index in [1.54, 1.807) is 0 Å². The third-order valence-electron chi connectivity index (χ3n) is 2.12. The maximum absolute atomic E-state index is 5.44. The van der Waals surface area contributed by atoms with Gasteiger partial charge in [-0.1, -0.05) is 17.7 Å². The molecule has 1 rings (SSSR count). The number of hydrogen-bond acceptors (Lipinski definition) is 2. The SMILES string of the molecule is Br.Br.Cc1cc(C)c(NCCN)c(C)c1. The monoisotopic (exact) mass is 338 g/mol. The van der Waals surface area contributed by atoms with Gasteiger partial charge in [-0.25, -0.2) is 0 Å². The summed E-state index contributed by atoms with van der Waals surface area (Å²) in [4.78, 5) is 0. The predicted molar refractivity (Wildman–Crippen MR) is 78.8 cm³/mol. The Kier molecular flexibility index (Phi) is 9.40. The molecule has 1 aromatic carbocycles. The van der Waals surface area contributed by atoms with Crippen molar-refractivity contribution in [3.05, 3.63) is 28.8 Å². The molecule has 0 heterocycles. The van der Waals surface area contributed by atoms with Gasteiger partial charge in [-0.2, -0.15) is 0 Å². The average molecular weight is 340 g/mol. The lowest BCUT2D eigenvalue weighted by Gasteiger charge is -2.12. The van der Waals surface area contributed by atoms with Crippen LogP contribution in [0.25, 0.3) is 0 Å². The van der Waals surface area contributed by atoms with E-state index in [0.717, 1.165) is 6.54 Å². The minimum absolute atomic E-state index is 0. The van der Waals surface area contributed by atoms with Gasteiger partial charge in [0.25, 0.3) is 0 Å². The second-order valence-electron chi connectivity index (χ2n) is 3.49. The normalized spacial score (nSPS) is 8.80. The van der Waals surface area contributed by atoms with Gasteiger partial charge in [0, 0.05) is 18.8 Å². The van der Waals surface area contributed by atoms with Crippen LogP contribution in [0.1, 0.15) is 16.7 Å². The molecule has 0 aliphatic rings. The number of nitrogens with two attached hydrogens (primary N) is 1. The van der Waals surface area contributed by atoms with Gasteiger partial charge in [-0.15, -0.1) is 34.0 Å². The molecule has 0 unspecified atom stereocenters. The van der Waals surface area contributed by atoms with Crippen molar-refractivity contribution in [2.45, 2.75) is 20.8 Å². The number of benzene rings is 1. The molecule has 0 saturated carbocycles. The molecular weight excluding hydrogens is 320 g/mol. The average Bonchev–Trinajstić information content (AvgIpc) is 2.02. The van der Waals surface area contributed by atoms with E-state index in [4.69, 9.17) is 5.73 Å². The Balaban J connectivity index is 0. The van der Waals surface area contributed by atoms with Crippen LogP contribution in [0.4, 0.5) is 5.69 Å². The van der Waals surface area contributed by atoms with Gasteiger partial charge in [0.1, 0.15) is 0 Å². The van der Waals surface area contributed by atoms with E-state index in [2.05, 4.69) is 38.2 Å². The Hall–Kier alpha value is -0.0600. The van der Waals surface area contributed by atoms with Crippen molar-refractivity contribution in [3.63, 3.8) is 0 Å². The number of rotatable bonds is 3. The van der Waals surface area contributed by atoms with Crippen molar-refractivity contribution in [1.82, 2.24) is 0 Å². The molecule has 1 aromatic rings. The fourth-order valence-corrected chi connectivity index (χ4v) is 1.66. The molecular formula is C11H20Br2N2. The highest BCUT2D eigenvalue weighted by molar-refractivity contribution is 8.93. The molecule has 88 valence electrons. The van der Waals surface area contributed by atoms with E-state index in [-0.39, 0.29) is 34.0 Å². The number of nitrogens with one attached hydrogen (secondary N) is 1. The van der Waals surface area contributed by atoms with E-state index in [1.807, 2.05) is 0 Å². The summed E-state index contributed by atoms with van der Waals surface area (Å²) in [6.07, 6.45) is 0. The number of hydrogen-bond donors (Lipinski definition) is 2. The van der Waals surface area contributed by atoms with Crippen molar-refractivity contribution in [3.8, 4) is 0 Å². The van der Waals surface area contributed by atoms with Crippen molar-refractivity contribution in [2.24, 2.45) is 5.73 Å². The first-order chi connectivity index (χ1) is 6.15. The molecule has 0 fully saturated rings. The van der Waals surface area contributed by atoms with Crippen LogP contribution in [0.5, 0.6) is 0 Å². The zero-order valence-electron chi connectivity index (χ0n) is 9.46. The Bertz CT molecular complexity index is 278. The van der Waals surface area contributed by atoms with Crippen molar-refractivity contribution < 1.29 is 0 Å². The number of aryl methyl sites for hydroxylation is 3. The van der Waals surface area contributed by atoms with Crippen molar-refractivity contribution in [1.29, 1.82) is 0 Å². The Morgan fingerprint density at radius 1 is 1.07 bits per heavy atom. The molecule has 0 amide bonds. The van der Waals surface area contributed by atoms with Gasteiger partial charge in [0.2, 0.25) is 0 Å². The van der Waals surface area contributed by atoms with E-state index < -0.39 is 0 Å². The smallest absolute Gasteiger partial charge is 0.0400 e. The van der Waals surface area contributed by atoms with Crippen LogP contribution >= 0.6 is 34.0 Å². The highest BCUT2D eigenvalue weighted by Crippen LogP contribution is 2.21. The summed E-state index contributed by atoms with van der Waals surface area (Å²) < 4.78 is 0. The minimum Gasteiger partial charge on any atom is -0.383 e. The molecule has 0 aromatic heterocycles. The standard InChI is InChI=1S/C11H18N2.2BrH/c1-8-6-9(2)11(10(3)7-8)13-5-4-12;;/h6-7,13H,4-5,12H2,1-3H3;2*1H. The number of halogens is 2. The summed E-state index contributed by atoms with van der Waals surface area (Å²) in [5, 5.41) is 3.33. The van der Waals surface area contributed by atoms with Crippen molar-refractivity contribution >= 4 is 39.7 Å². The number of anilines is 1. The van der Waals surface area contributed by atoms with E-state index >= 15 is 0 Å². The zero-order valence-corrected chi connectivity index (χ0v) is 12.9. The highest BCUT2D eigenvalue weighted by Gasteiger charge is 2.01. The van der Waals surface area contributed by atoms with Crippen LogP contribution in [0.3, 0.4) is 0 Å². The lowest BCUT2D eigenvalue weighted by Crippen LogP contribution is -2.14. The summed E-state index contributed by atoms with van der Waals surface area (Å²) in [7, 11) is 0. The molecule has 0 aliphatic heterocycles. The molecule has 0 atom stereocenters. The summed E-state index contributed by atoms with van der Waals surface area (Å²) in [6.45, 7) is 7.88. The van der Waals surface area contributed by atoms with Crippen LogP contribution in [0, 0.1) is 20.8 Å². The van der Waals surface area contributed by atoms with Crippen LogP contribution in [0.15, 0.2) is 12.1 Å². The topological polar surface area (TPSA) is 38.0 Å². The van der Waals surface area contributed by atoms with Crippen LogP contribution in [0.2, 0.25) is 0 Å². The maximum atomic E-state index is 5.44. The summed E-state index contributed by atoms with van der Waals surface area (Å²) in [5.41, 5.74) is 10.6. The van der Waals surface area contributed by atoms with Gasteiger partial charge in [0.05, 0.1) is 0 Å². The first-order valence-electron chi connectivity index (χ1n) is 4.67. The molecule has 4 heteroatoms. The summed E-state index contributed by atoms with van der Waals surface area (Å²) in [6, 6.07) is 4.37. The molecule has 0 spiro atoms. The Morgan fingerprint density at radius 3 is 1.93 bits per heavy atom. The second kappa shape index (κ2) is 8.13. The highest BCUT2D eigenvalue weighted by atomic mass is 79.9. The first kappa shape index (κ1) is 17.3. The molecule has 15 heavy (non-hydrogen) atoms. The molecule has 3 N–H and O–H groups in total. The molecule has 0 saturated heterocycles. The van der Waals surface area contributed by atoms with Gasteiger partial charge < -0.3 is 11.1 Å². The largest absolute Gasteiger partial charge is 0.383 e. The van der Waals surface area contributed by atoms with Gasteiger partial charge in [0.15, 0.2) is 0 Å². The van der Waals surface area contributed by atoms with E-state index in [0.29, 0.717) is 6.54 Å². The molecule has 2 nitrogen and oxygen atoms in total. The summed E-state index contributed by atoms with van der Waals surface area (Å²) in [5.74, 6) is 0. The minimum atomic E-state index is 0. The quantitative estimate of drug-likeness (QED) is 0.887. The Labute approximate surface area is 113 Å². The van der Waals surface area contributed by atoms with Crippen LogP contribution in [-0.4, -0.2) is 13.1 Å². The van der Waals surface area contributed by atoms with Gasteiger partial charge in [-0.3, -0.25) is 0 Å². The Morgan fingerprint density at radius 2 is 1.53 bits per heavy atom. The lowest BCUT2D eigenvalue weighted by atomic mass is 10.1. The summed E-state index contributed by atoms with van der Waals surface area (Å²) >= 11 is 0. The molecule has 0 aliphatic carbocycles. The van der Waals surface area contributed by atoms with Crippen LogP contribution < -0.4 is 11.1 Å². The maximum Gasteiger partial charge on any atom is 0.0400 e. The molecule has 0 radical (unpaired) electrons. The van der Waals surface area contributed by atoms with Crippen molar-refractivity contribution in [2.75, 3.05) is 18.4 Å². The van der Waals surface area contributed by atoms with Crippen LogP contribution in [-0.2, 0) is 0 Å². The molecule has 0 bridgehead atoms. The zero-order chi connectivity index (χ0) is 9.84. The van der Waals surface area contributed by atoms with E-state index in [1.165, 1.54) is 22.4 Å². The second-order valence-corrected chi connectivity index (χ2v) is 3.49.